The molecule has 2 aromatic carbocycles. The van der Waals surface area contributed by atoms with Gasteiger partial charge in [-0.3, -0.25) is 4.79 Å². The Balaban J connectivity index is 1.67. The molecule has 0 aliphatic heterocycles. The van der Waals surface area contributed by atoms with Crippen LogP contribution in [-0.2, 0) is 16.1 Å². The summed E-state index contributed by atoms with van der Waals surface area (Å²) in [7, 11) is 0. The van der Waals surface area contributed by atoms with Crippen molar-refractivity contribution in [2.75, 3.05) is 0 Å². The number of aryl methyl sites for hydroxylation is 1. The van der Waals surface area contributed by atoms with Crippen molar-refractivity contribution in [3.63, 3.8) is 0 Å². The first-order chi connectivity index (χ1) is 13.0. The largest absolute Gasteiger partial charge is 0.459 e. The molecule has 0 unspecified atom stereocenters. The third kappa shape index (κ3) is 4.78. The van der Waals surface area contributed by atoms with E-state index in [0.29, 0.717) is 11.4 Å². The van der Waals surface area contributed by atoms with E-state index >= 15 is 0 Å². The summed E-state index contributed by atoms with van der Waals surface area (Å²) in [6, 6.07) is 15.4. The van der Waals surface area contributed by atoms with Gasteiger partial charge in [0.05, 0.1) is 34.9 Å². The van der Waals surface area contributed by atoms with Crippen LogP contribution >= 0.6 is 0 Å². The van der Waals surface area contributed by atoms with Crippen LogP contribution in [0.25, 0.3) is 11.0 Å². The Morgan fingerprint density at radius 2 is 1.67 bits per heavy atom. The number of aromatic nitrogens is 2. The van der Waals surface area contributed by atoms with Crippen molar-refractivity contribution in [1.82, 2.24) is 15.3 Å². The highest BCUT2D eigenvalue weighted by atomic mass is 16.5. The van der Waals surface area contributed by atoms with Crippen LogP contribution in [0.15, 0.2) is 54.6 Å². The fourth-order valence-corrected chi connectivity index (χ4v) is 2.75. The summed E-state index contributed by atoms with van der Waals surface area (Å²) in [5.41, 5.74) is 8.83. The first-order valence-electron chi connectivity index (χ1n) is 8.51. The second-order valence-electron chi connectivity index (χ2n) is 6.08. The first-order valence-corrected chi connectivity index (χ1v) is 8.51. The molecule has 138 valence electrons. The molecule has 0 aliphatic rings. The number of hydrogen-bond donors (Lipinski definition) is 2. The molecule has 1 atom stereocenters. The van der Waals surface area contributed by atoms with Crippen LogP contribution in [0, 0.1) is 6.92 Å². The molecule has 0 saturated heterocycles. The van der Waals surface area contributed by atoms with Crippen molar-refractivity contribution >= 4 is 23.0 Å². The number of nitrogens with zero attached hydrogens (tertiary/aromatic N) is 2. The number of carbonyl (C=O) groups excluding carboxylic acids is 2. The molecular formula is C20H20N4O3. The predicted molar refractivity (Wildman–Crippen MR) is 101 cm³/mol. The minimum atomic E-state index is -0.701. The van der Waals surface area contributed by atoms with Gasteiger partial charge in [0.25, 0.3) is 0 Å². The number of benzene rings is 2. The average Bonchev–Trinajstić information content (AvgIpc) is 2.66. The summed E-state index contributed by atoms with van der Waals surface area (Å²) < 4.78 is 5.36. The van der Waals surface area contributed by atoms with Crippen LogP contribution in [0.5, 0.6) is 0 Å². The Bertz CT molecular complexity index is 960. The van der Waals surface area contributed by atoms with Gasteiger partial charge in [-0.15, -0.1) is 0 Å². The van der Waals surface area contributed by atoms with Crippen LogP contribution in [0.2, 0.25) is 0 Å². The maximum Gasteiger partial charge on any atom is 0.312 e. The molecule has 7 nitrogen and oxygen atoms in total. The summed E-state index contributed by atoms with van der Waals surface area (Å²) in [5, 5.41) is 2.57. The van der Waals surface area contributed by atoms with Gasteiger partial charge in [0.15, 0.2) is 0 Å². The molecule has 3 rings (SSSR count). The smallest absolute Gasteiger partial charge is 0.312 e. The van der Waals surface area contributed by atoms with Gasteiger partial charge < -0.3 is 15.8 Å². The number of amides is 2. The summed E-state index contributed by atoms with van der Waals surface area (Å²) in [6.45, 7) is 1.84. The maximum absolute atomic E-state index is 12.3. The summed E-state index contributed by atoms with van der Waals surface area (Å²) in [5.74, 6) is -0.466. The Hall–Kier alpha value is -3.48. The van der Waals surface area contributed by atoms with E-state index in [-0.39, 0.29) is 13.0 Å². The molecule has 0 spiro atoms. The molecular weight excluding hydrogens is 344 g/mol. The van der Waals surface area contributed by atoms with Crippen LogP contribution in [-0.4, -0.2) is 22.0 Å². The lowest BCUT2D eigenvalue weighted by Gasteiger charge is -2.17. The van der Waals surface area contributed by atoms with Crippen molar-refractivity contribution in [2.45, 2.75) is 26.0 Å². The van der Waals surface area contributed by atoms with Gasteiger partial charge in [0.2, 0.25) is 0 Å². The summed E-state index contributed by atoms with van der Waals surface area (Å²) in [6.07, 6.45) is -0.0347. The van der Waals surface area contributed by atoms with Crippen molar-refractivity contribution < 1.29 is 14.3 Å². The third-order valence-corrected chi connectivity index (χ3v) is 4.10. The van der Waals surface area contributed by atoms with E-state index < -0.39 is 18.0 Å². The molecule has 7 heteroatoms. The highest BCUT2D eigenvalue weighted by molar-refractivity contribution is 5.76. The lowest BCUT2D eigenvalue weighted by Crippen LogP contribution is -2.34. The number of rotatable bonds is 6. The zero-order valence-electron chi connectivity index (χ0n) is 14.9. The first kappa shape index (κ1) is 18.3. The molecule has 2 amide bonds. The van der Waals surface area contributed by atoms with Gasteiger partial charge in [-0.05, 0) is 24.6 Å². The van der Waals surface area contributed by atoms with E-state index in [9.17, 15) is 9.59 Å². The fourth-order valence-electron chi connectivity index (χ4n) is 2.75. The van der Waals surface area contributed by atoms with Crippen molar-refractivity contribution in [1.29, 1.82) is 0 Å². The molecule has 1 aromatic heterocycles. The zero-order chi connectivity index (χ0) is 19.2. The lowest BCUT2D eigenvalue weighted by molar-refractivity contribution is -0.145. The highest BCUT2D eigenvalue weighted by Crippen LogP contribution is 2.18. The molecule has 0 radical (unpaired) electrons. The molecule has 27 heavy (non-hydrogen) atoms. The normalized spacial score (nSPS) is 11.7. The Labute approximate surface area is 156 Å². The standard InChI is InChI=1S/C20H20N4O3/c1-13-18(23-16-10-6-5-9-15(16)22-13)12-27-19(25)11-17(24-20(21)26)14-7-3-2-4-8-14/h2-10,17H,11-12H2,1H3,(H3,21,24,26)/t17-/m1/s1. The number of ether oxygens (including phenoxy) is 1. The van der Waals surface area contributed by atoms with E-state index in [4.69, 9.17) is 10.5 Å². The number of nitrogens with two attached hydrogens (primary N) is 1. The number of hydrogen-bond acceptors (Lipinski definition) is 5. The number of nitrogens with one attached hydrogen (secondary N) is 1. The number of esters is 1. The summed E-state index contributed by atoms with van der Waals surface area (Å²) >= 11 is 0. The number of para-hydroxylation sites is 2. The van der Waals surface area contributed by atoms with E-state index in [2.05, 4.69) is 15.3 Å². The minimum absolute atomic E-state index is 0.0145. The molecule has 0 fully saturated rings. The predicted octanol–water partition coefficient (Wildman–Crippen LogP) is 2.78. The molecule has 3 aromatic rings. The van der Waals surface area contributed by atoms with Crippen molar-refractivity contribution in [3.8, 4) is 0 Å². The monoisotopic (exact) mass is 364 g/mol. The third-order valence-electron chi connectivity index (χ3n) is 4.10. The maximum atomic E-state index is 12.3. The number of urea groups is 1. The van der Waals surface area contributed by atoms with Crippen LogP contribution in [0.1, 0.15) is 29.4 Å². The van der Waals surface area contributed by atoms with Crippen LogP contribution in [0.4, 0.5) is 4.79 Å². The Kier molecular flexibility index (Phi) is 5.61. The van der Waals surface area contributed by atoms with E-state index in [1.165, 1.54) is 0 Å². The average molecular weight is 364 g/mol. The SMILES string of the molecule is Cc1nc2ccccc2nc1COC(=O)C[C@@H](NC(N)=O)c1ccccc1. The van der Waals surface area contributed by atoms with Gasteiger partial charge >= 0.3 is 12.0 Å². The minimum Gasteiger partial charge on any atom is -0.459 e. The molecule has 0 aliphatic carbocycles. The number of carbonyl (C=O) groups is 2. The molecule has 0 saturated carbocycles. The molecule has 0 bridgehead atoms. The van der Waals surface area contributed by atoms with Gasteiger partial charge in [-0.2, -0.15) is 0 Å². The number of fused-ring (bicyclic) bond motifs is 1. The van der Waals surface area contributed by atoms with Crippen LogP contribution in [0.3, 0.4) is 0 Å². The van der Waals surface area contributed by atoms with Gasteiger partial charge in [-0.25, -0.2) is 14.8 Å². The quantitative estimate of drug-likeness (QED) is 0.654. The van der Waals surface area contributed by atoms with Gasteiger partial charge in [0, 0.05) is 0 Å². The highest BCUT2D eigenvalue weighted by Gasteiger charge is 2.19. The second-order valence-corrected chi connectivity index (χ2v) is 6.08. The van der Waals surface area contributed by atoms with Gasteiger partial charge in [-0.1, -0.05) is 42.5 Å². The molecule has 3 N–H and O–H groups in total. The Morgan fingerprint density at radius 3 is 2.33 bits per heavy atom. The van der Waals surface area contributed by atoms with Crippen LogP contribution < -0.4 is 11.1 Å². The van der Waals surface area contributed by atoms with Crippen molar-refractivity contribution in [2.24, 2.45) is 5.73 Å². The summed E-state index contributed by atoms with van der Waals surface area (Å²) in [4.78, 5) is 32.5. The van der Waals surface area contributed by atoms with E-state index in [0.717, 1.165) is 16.6 Å². The zero-order valence-corrected chi connectivity index (χ0v) is 14.9. The Morgan fingerprint density at radius 1 is 1.04 bits per heavy atom. The lowest BCUT2D eigenvalue weighted by atomic mass is 10.0. The fraction of sp³-hybridized carbons (Fsp3) is 0.200. The van der Waals surface area contributed by atoms with E-state index in [1.54, 1.807) is 0 Å². The second kappa shape index (κ2) is 8.27. The van der Waals surface area contributed by atoms with E-state index in [1.807, 2.05) is 61.5 Å². The topological polar surface area (TPSA) is 107 Å². The number of primary amides is 1. The van der Waals surface area contributed by atoms with Gasteiger partial charge in [0.1, 0.15) is 6.61 Å². The van der Waals surface area contributed by atoms with Crippen molar-refractivity contribution in [3.05, 3.63) is 71.5 Å². The molecule has 1 heterocycles.